The molecule has 0 spiro atoms. The van der Waals surface area contributed by atoms with E-state index >= 15 is 0 Å². The smallest absolute Gasteiger partial charge is 0.311 e. The molecule has 1 heterocycles. The maximum Gasteiger partial charge on any atom is 0.311 e. The number of nitrogens with one attached hydrogen (secondary N) is 1. The molecule has 3 rings (SSSR count). The van der Waals surface area contributed by atoms with Crippen molar-refractivity contribution in [3.05, 3.63) is 34.7 Å². The Kier molecular flexibility index (Phi) is 3.01. The molecule has 104 valence electrons. The van der Waals surface area contributed by atoms with Crippen molar-refractivity contribution in [1.29, 1.82) is 0 Å². The number of carboxylic acids is 1. The second-order valence-electron chi connectivity index (χ2n) is 5.32. The van der Waals surface area contributed by atoms with Crippen molar-refractivity contribution in [1.82, 2.24) is 5.32 Å². The van der Waals surface area contributed by atoms with Crippen molar-refractivity contribution >= 4 is 33.3 Å². The molecule has 1 fully saturated rings. The summed E-state index contributed by atoms with van der Waals surface area (Å²) in [5.41, 5.74) is 0.239. The van der Waals surface area contributed by atoms with Crippen LogP contribution in [0, 0.1) is 12.3 Å². The number of carbonyl (C=O) groups excluding carboxylic acids is 1. The highest BCUT2D eigenvalue weighted by atomic mass is 32.1. The van der Waals surface area contributed by atoms with E-state index in [1.165, 1.54) is 11.3 Å². The second kappa shape index (κ2) is 4.59. The maximum atomic E-state index is 12.2. The minimum Gasteiger partial charge on any atom is -0.481 e. The summed E-state index contributed by atoms with van der Waals surface area (Å²) >= 11 is 1.45. The first-order valence-electron chi connectivity index (χ1n) is 6.53. The molecule has 2 N–H and O–H groups in total. The van der Waals surface area contributed by atoms with Gasteiger partial charge >= 0.3 is 5.97 Å². The average Bonchev–Trinajstić information content (AvgIpc) is 3.16. The zero-order valence-corrected chi connectivity index (χ0v) is 11.9. The third-order valence-corrected chi connectivity index (χ3v) is 5.22. The molecule has 1 aliphatic rings. The molecular formula is C15H15NO3S. The fraction of sp³-hybridized carbons (Fsp3) is 0.333. The number of aliphatic carboxylic acids is 1. The molecule has 2 aromatic rings. The highest BCUT2D eigenvalue weighted by Crippen LogP contribution is 2.45. The Morgan fingerprint density at radius 3 is 2.65 bits per heavy atom. The van der Waals surface area contributed by atoms with Crippen LogP contribution in [-0.2, 0) is 4.79 Å². The van der Waals surface area contributed by atoms with E-state index in [2.05, 4.69) is 5.32 Å². The van der Waals surface area contributed by atoms with Crippen LogP contribution in [0.4, 0.5) is 0 Å². The Balaban J connectivity index is 1.79. The predicted molar refractivity (Wildman–Crippen MR) is 78.2 cm³/mol. The molecule has 4 nitrogen and oxygen atoms in total. The summed E-state index contributed by atoms with van der Waals surface area (Å²) < 4.78 is 1.08. The molecule has 1 saturated carbocycles. The van der Waals surface area contributed by atoms with Crippen molar-refractivity contribution < 1.29 is 14.7 Å². The topological polar surface area (TPSA) is 66.4 Å². The van der Waals surface area contributed by atoms with Gasteiger partial charge in [-0.15, -0.1) is 11.3 Å². The molecule has 1 aromatic carbocycles. The lowest BCUT2D eigenvalue weighted by Gasteiger charge is -2.10. The largest absolute Gasteiger partial charge is 0.481 e. The van der Waals surface area contributed by atoms with E-state index in [0.717, 1.165) is 15.6 Å². The summed E-state index contributed by atoms with van der Waals surface area (Å²) in [4.78, 5) is 24.0. The van der Waals surface area contributed by atoms with Gasteiger partial charge in [-0.1, -0.05) is 18.2 Å². The number of carboxylic acid groups (broad SMARTS) is 1. The Bertz CT molecular complexity index is 700. The zero-order chi connectivity index (χ0) is 14.3. The van der Waals surface area contributed by atoms with Gasteiger partial charge in [0.05, 0.1) is 10.3 Å². The van der Waals surface area contributed by atoms with Crippen LogP contribution in [-0.4, -0.2) is 23.5 Å². The summed E-state index contributed by atoms with van der Waals surface area (Å²) in [6, 6.07) is 7.89. The van der Waals surface area contributed by atoms with Crippen LogP contribution in [0.15, 0.2) is 24.3 Å². The van der Waals surface area contributed by atoms with Gasteiger partial charge in [-0.05, 0) is 36.8 Å². The SMILES string of the molecule is Cc1c(C(=O)NCC2(C(=O)O)CC2)sc2ccccc12. The van der Waals surface area contributed by atoms with Gasteiger partial charge in [-0.2, -0.15) is 0 Å². The van der Waals surface area contributed by atoms with Crippen molar-refractivity contribution in [3.63, 3.8) is 0 Å². The molecule has 1 aromatic heterocycles. The molecule has 5 heteroatoms. The monoisotopic (exact) mass is 289 g/mol. The number of hydrogen-bond acceptors (Lipinski definition) is 3. The Labute approximate surface area is 120 Å². The van der Waals surface area contributed by atoms with Crippen molar-refractivity contribution in [3.8, 4) is 0 Å². The second-order valence-corrected chi connectivity index (χ2v) is 6.37. The van der Waals surface area contributed by atoms with Gasteiger partial charge in [0.25, 0.3) is 5.91 Å². The third kappa shape index (κ3) is 2.08. The molecule has 0 bridgehead atoms. The maximum absolute atomic E-state index is 12.2. The van der Waals surface area contributed by atoms with E-state index in [1.807, 2.05) is 31.2 Å². The summed E-state index contributed by atoms with van der Waals surface area (Å²) in [5.74, 6) is -0.984. The minimum atomic E-state index is -0.814. The van der Waals surface area contributed by atoms with Crippen molar-refractivity contribution in [2.75, 3.05) is 6.54 Å². The average molecular weight is 289 g/mol. The number of thiophene rings is 1. The normalized spacial score (nSPS) is 16.1. The molecule has 0 saturated heterocycles. The third-order valence-electron chi connectivity index (χ3n) is 3.94. The van der Waals surface area contributed by atoms with E-state index in [1.54, 1.807) is 0 Å². The molecular weight excluding hydrogens is 274 g/mol. The van der Waals surface area contributed by atoms with Crippen LogP contribution in [0.25, 0.3) is 10.1 Å². The van der Waals surface area contributed by atoms with Gasteiger partial charge in [0.2, 0.25) is 0 Å². The molecule has 0 unspecified atom stereocenters. The molecule has 0 atom stereocenters. The highest BCUT2D eigenvalue weighted by molar-refractivity contribution is 7.21. The molecule has 0 radical (unpaired) electrons. The summed E-state index contributed by atoms with van der Waals surface area (Å²) in [7, 11) is 0. The number of rotatable bonds is 4. The van der Waals surface area contributed by atoms with Gasteiger partial charge in [0, 0.05) is 11.2 Å². The fourth-order valence-corrected chi connectivity index (χ4v) is 3.46. The Morgan fingerprint density at radius 2 is 2.05 bits per heavy atom. The summed E-state index contributed by atoms with van der Waals surface area (Å²) in [5, 5.41) is 13.0. The minimum absolute atomic E-state index is 0.170. The number of benzene rings is 1. The van der Waals surface area contributed by atoms with Gasteiger partial charge in [0.1, 0.15) is 0 Å². The highest BCUT2D eigenvalue weighted by Gasteiger charge is 2.50. The van der Waals surface area contributed by atoms with Crippen molar-refractivity contribution in [2.45, 2.75) is 19.8 Å². The molecule has 1 amide bonds. The summed E-state index contributed by atoms with van der Waals surface area (Å²) in [6.45, 7) is 2.15. The molecule has 1 aliphatic carbocycles. The van der Waals surface area contributed by atoms with Crippen LogP contribution in [0.1, 0.15) is 28.1 Å². The standard InChI is InChI=1S/C15H15NO3S/c1-9-10-4-2-3-5-11(10)20-12(9)13(17)16-8-15(6-7-15)14(18)19/h2-5H,6-8H2,1H3,(H,16,17)(H,18,19). The first-order valence-corrected chi connectivity index (χ1v) is 7.35. The van der Waals surface area contributed by atoms with Crippen LogP contribution < -0.4 is 5.32 Å². The lowest BCUT2D eigenvalue weighted by atomic mass is 10.1. The number of hydrogen-bond donors (Lipinski definition) is 2. The van der Waals surface area contributed by atoms with E-state index in [0.29, 0.717) is 17.7 Å². The molecule has 0 aliphatic heterocycles. The van der Waals surface area contributed by atoms with E-state index in [4.69, 9.17) is 5.11 Å². The first kappa shape index (κ1) is 13.1. The number of aryl methyl sites for hydroxylation is 1. The van der Waals surface area contributed by atoms with Gasteiger partial charge < -0.3 is 10.4 Å². The van der Waals surface area contributed by atoms with Gasteiger partial charge in [-0.3, -0.25) is 9.59 Å². The fourth-order valence-electron chi connectivity index (χ4n) is 2.34. The Morgan fingerprint density at radius 1 is 1.35 bits per heavy atom. The molecule has 20 heavy (non-hydrogen) atoms. The quantitative estimate of drug-likeness (QED) is 0.909. The first-order chi connectivity index (χ1) is 9.53. The van der Waals surface area contributed by atoms with E-state index < -0.39 is 11.4 Å². The van der Waals surface area contributed by atoms with Crippen LogP contribution >= 0.6 is 11.3 Å². The zero-order valence-electron chi connectivity index (χ0n) is 11.1. The lowest BCUT2D eigenvalue weighted by Crippen LogP contribution is -2.34. The number of carbonyl (C=O) groups is 2. The van der Waals surface area contributed by atoms with Gasteiger partial charge in [0.15, 0.2) is 0 Å². The lowest BCUT2D eigenvalue weighted by molar-refractivity contribution is -0.143. The Hall–Kier alpha value is -1.88. The van der Waals surface area contributed by atoms with Crippen LogP contribution in [0.5, 0.6) is 0 Å². The van der Waals surface area contributed by atoms with Gasteiger partial charge in [-0.25, -0.2) is 0 Å². The number of amides is 1. The predicted octanol–water partition coefficient (Wildman–Crippen LogP) is 2.80. The van der Waals surface area contributed by atoms with E-state index in [9.17, 15) is 9.59 Å². The van der Waals surface area contributed by atoms with Crippen molar-refractivity contribution in [2.24, 2.45) is 5.41 Å². The van der Waals surface area contributed by atoms with E-state index in [-0.39, 0.29) is 12.5 Å². The number of fused-ring (bicyclic) bond motifs is 1. The van der Waals surface area contributed by atoms with Crippen LogP contribution in [0.3, 0.4) is 0 Å². The summed E-state index contributed by atoms with van der Waals surface area (Å²) in [6.07, 6.45) is 1.29. The van der Waals surface area contributed by atoms with Crippen LogP contribution in [0.2, 0.25) is 0 Å².